The largest absolute Gasteiger partial charge is 0.472 e. The average Bonchev–Trinajstić information content (AvgIpc) is 3.24. The van der Waals surface area contributed by atoms with Crippen molar-refractivity contribution < 1.29 is 71.4 Å². The van der Waals surface area contributed by atoms with Crippen molar-refractivity contribution in [2.24, 2.45) is 0 Å². The molecule has 0 fully saturated rings. The number of phosphoric ester groups is 2. The van der Waals surface area contributed by atoms with Gasteiger partial charge in [-0.15, -0.1) is 0 Å². The van der Waals surface area contributed by atoms with Crippen LogP contribution in [0.1, 0.15) is 168 Å². The molecule has 0 aliphatic heterocycles. The zero-order valence-electron chi connectivity index (χ0n) is 37.8. The fourth-order valence-electron chi connectivity index (χ4n) is 5.67. The zero-order chi connectivity index (χ0) is 46.0. The average molecular weight is 925 g/mol. The van der Waals surface area contributed by atoms with E-state index in [4.69, 9.17) is 9.47 Å². The number of carbonyl (C=O) groups is 2. The molecule has 62 heavy (non-hydrogen) atoms. The summed E-state index contributed by atoms with van der Waals surface area (Å²) in [5.74, 6) is -1.05. The van der Waals surface area contributed by atoms with Crippen LogP contribution in [0.15, 0.2) is 48.6 Å². The summed E-state index contributed by atoms with van der Waals surface area (Å²) in [6, 6.07) is 0. The first-order chi connectivity index (χ1) is 29.8. The zero-order valence-corrected chi connectivity index (χ0v) is 39.6. The third-order valence-electron chi connectivity index (χ3n) is 9.29. The van der Waals surface area contributed by atoms with Crippen molar-refractivity contribution in [1.82, 2.24) is 0 Å². The number of carbonyl (C=O) groups excluding carboxylic acids is 2. The third kappa shape index (κ3) is 43.3. The molecule has 0 aromatic carbocycles. The quantitative estimate of drug-likeness (QED) is 0.0166. The second-order valence-electron chi connectivity index (χ2n) is 15.4. The van der Waals surface area contributed by atoms with Crippen LogP contribution in [0.5, 0.6) is 0 Å². The topological polar surface area (TPSA) is 225 Å². The number of allylic oxidation sites excluding steroid dienone is 8. The molecule has 5 N–H and O–H groups in total. The van der Waals surface area contributed by atoms with Gasteiger partial charge in [0.2, 0.25) is 0 Å². The maximum absolute atomic E-state index is 12.1. The van der Waals surface area contributed by atoms with Crippen LogP contribution in [0.4, 0.5) is 0 Å². The van der Waals surface area contributed by atoms with Crippen molar-refractivity contribution in [3.63, 3.8) is 0 Å². The summed E-state index contributed by atoms with van der Waals surface area (Å²) >= 11 is 0. The number of esters is 2. The van der Waals surface area contributed by atoms with Crippen LogP contribution in [-0.4, -0.2) is 95.0 Å². The standard InChI is InChI=1S/C45H82O15P2/c1-3-5-7-9-11-13-15-17-18-19-20-22-24-26-28-30-32-34-45(50)56-36-42(47)38-58-62(53,54)60-40-43(48)39-59-61(51,52)57-37-41(46)35-55-44(49)33-31-29-27-25-23-21-16-14-12-10-8-6-4-2/h11,13,17-18,20,22,26,28,41-43,46-48H,3-10,12,14-16,19,21,23-25,27,29-40H2,1-2H3,(H,51,52)(H,53,54)/b13-11-,18-17-,22-20-,28-26-. The van der Waals surface area contributed by atoms with Crippen molar-refractivity contribution in [3.05, 3.63) is 48.6 Å². The maximum atomic E-state index is 12.1. The highest BCUT2D eigenvalue weighted by atomic mass is 31.2. The minimum absolute atomic E-state index is 0.120. The van der Waals surface area contributed by atoms with Gasteiger partial charge in [0.05, 0.1) is 26.4 Å². The van der Waals surface area contributed by atoms with E-state index in [1.165, 1.54) is 77.0 Å². The highest BCUT2D eigenvalue weighted by Crippen LogP contribution is 2.45. The van der Waals surface area contributed by atoms with Crippen LogP contribution in [0.25, 0.3) is 0 Å². The summed E-state index contributed by atoms with van der Waals surface area (Å²) in [6.07, 6.45) is 36.8. The number of hydrogen-bond acceptors (Lipinski definition) is 13. The second-order valence-corrected chi connectivity index (χ2v) is 18.3. The van der Waals surface area contributed by atoms with Gasteiger partial charge >= 0.3 is 27.6 Å². The number of aliphatic hydroxyl groups excluding tert-OH is 3. The van der Waals surface area contributed by atoms with E-state index in [9.17, 15) is 43.8 Å². The third-order valence-corrected chi connectivity index (χ3v) is 11.2. The predicted molar refractivity (Wildman–Crippen MR) is 242 cm³/mol. The van der Waals surface area contributed by atoms with Crippen molar-refractivity contribution >= 4 is 27.6 Å². The Morgan fingerprint density at radius 2 is 0.710 bits per heavy atom. The Labute approximate surface area is 372 Å². The molecule has 5 atom stereocenters. The Balaban J connectivity index is 3.97. The van der Waals surface area contributed by atoms with E-state index < -0.39 is 85.5 Å². The lowest BCUT2D eigenvalue weighted by Crippen LogP contribution is -2.25. The fraction of sp³-hybridized carbons (Fsp3) is 0.778. The summed E-state index contributed by atoms with van der Waals surface area (Å²) in [5, 5.41) is 30.0. The van der Waals surface area contributed by atoms with E-state index >= 15 is 0 Å². The first kappa shape index (κ1) is 60.0. The van der Waals surface area contributed by atoms with Crippen molar-refractivity contribution in [2.45, 2.75) is 186 Å². The molecule has 0 heterocycles. The molecule has 0 bridgehead atoms. The number of hydrogen-bond donors (Lipinski definition) is 5. The Morgan fingerprint density at radius 1 is 0.419 bits per heavy atom. The van der Waals surface area contributed by atoms with Crippen molar-refractivity contribution in [2.75, 3.05) is 39.6 Å². The smallest absolute Gasteiger partial charge is 0.463 e. The molecule has 0 aromatic rings. The molecule has 15 nitrogen and oxygen atoms in total. The van der Waals surface area contributed by atoms with E-state index in [1.807, 2.05) is 12.2 Å². The van der Waals surface area contributed by atoms with Crippen molar-refractivity contribution in [1.29, 1.82) is 0 Å². The first-order valence-corrected chi connectivity index (χ1v) is 26.0. The Bertz CT molecular complexity index is 1310. The van der Waals surface area contributed by atoms with Crippen LogP contribution in [0.2, 0.25) is 0 Å². The number of ether oxygens (including phenoxy) is 2. The number of aliphatic hydroxyl groups is 3. The minimum atomic E-state index is -4.80. The second kappa shape index (κ2) is 41.7. The SMILES string of the molecule is CCCCC/C=C\C/C=C\C/C=C\C/C=C\CCCC(=O)OCC(O)COP(=O)(O)OCC(O)COP(=O)(O)OCC(O)COC(=O)CCCCCCCCCCCCCCC. The summed E-state index contributed by atoms with van der Waals surface area (Å²) in [6.45, 7) is 0.318. The fourth-order valence-corrected chi connectivity index (χ4v) is 7.27. The summed E-state index contributed by atoms with van der Waals surface area (Å²) < 4.78 is 52.8. The summed E-state index contributed by atoms with van der Waals surface area (Å²) in [4.78, 5) is 43.6. The molecule has 362 valence electrons. The Kier molecular flexibility index (Phi) is 40.3. The van der Waals surface area contributed by atoms with Gasteiger partial charge in [-0.3, -0.25) is 27.7 Å². The highest BCUT2D eigenvalue weighted by molar-refractivity contribution is 7.47. The molecular formula is C45H82O15P2. The van der Waals surface area contributed by atoms with Crippen LogP contribution < -0.4 is 0 Å². The van der Waals surface area contributed by atoms with Crippen LogP contribution >= 0.6 is 15.6 Å². The minimum Gasteiger partial charge on any atom is -0.463 e. The van der Waals surface area contributed by atoms with E-state index in [-0.39, 0.29) is 12.8 Å². The van der Waals surface area contributed by atoms with Gasteiger partial charge in [0.15, 0.2) is 0 Å². The molecule has 0 rings (SSSR count). The summed E-state index contributed by atoms with van der Waals surface area (Å²) in [5.41, 5.74) is 0. The van der Waals surface area contributed by atoms with E-state index in [1.54, 1.807) is 0 Å². The van der Waals surface area contributed by atoms with Gasteiger partial charge in [-0.1, -0.05) is 152 Å². The molecule has 17 heteroatoms. The molecule has 0 aromatic heterocycles. The van der Waals surface area contributed by atoms with Gasteiger partial charge in [-0.25, -0.2) is 9.13 Å². The normalized spacial score (nSPS) is 15.7. The lowest BCUT2D eigenvalue weighted by Gasteiger charge is -2.19. The Morgan fingerprint density at radius 3 is 1.10 bits per heavy atom. The molecule has 0 aliphatic carbocycles. The van der Waals surface area contributed by atoms with Crippen LogP contribution in [0, 0.1) is 0 Å². The molecule has 0 saturated carbocycles. The molecule has 5 unspecified atom stereocenters. The first-order valence-electron chi connectivity index (χ1n) is 23.0. The Hall–Kier alpha value is -2.00. The molecule has 0 aliphatic rings. The maximum Gasteiger partial charge on any atom is 0.472 e. The lowest BCUT2D eigenvalue weighted by molar-refractivity contribution is -0.148. The van der Waals surface area contributed by atoms with E-state index in [0.29, 0.717) is 19.3 Å². The van der Waals surface area contributed by atoms with Gasteiger partial charge < -0.3 is 34.6 Å². The molecule has 0 radical (unpaired) electrons. The van der Waals surface area contributed by atoms with E-state index in [2.05, 4.69) is 68.4 Å². The number of unbranched alkanes of at least 4 members (excludes halogenated alkanes) is 16. The van der Waals surface area contributed by atoms with Gasteiger partial charge in [0.25, 0.3) is 0 Å². The number of rotatable bonds is 44. The van der Waals surface area contributed by atoms with Gasteiger partial charge in [-0.05, 0) is 51.4 Å². The van der Waals surface area contributed by atoms with Crippen LogP contribution in [0.3, 0.4) is 0 Å². The lowest BCUT2D eigenvalue weighted by atomic mass is 10.0. The monoisotopic (exact) mass is 925 g/mol. The predicted octanol–water partition coefficient (Wildman–Crippen LogP) is 10.0. The van der Waals surface area contributed by atoms with Gasteiger partial charge in [0.1, 0.15) is 31.5 Å². The molecule has 0 spiro atoms. The number of phosphoric acid groups is 2. The van der Waals surface area contributed by atoms with Gasteiger partial charge in [0, 0.05) is 12.8 Å². The molecular weight excluding hydrogens is 842 g/mol. The highest BCUT2D eigenvalue weighted by Gasteiger charge is 2.28. The summed E-state index contributed by atoms with van der Waals surface area (Å²) in [7, 11) is -9.58. The van der Waals surface area contributed by atoms with Crippen molar-refractivity contribution in [3.8, 4) is 0 Å². The van der Waals surface area contributed by atoms with Gasteiger partial charge in [-0.2, -0.15) is 0 Å². The molecule has 0 saturated heterocycles. The van der Waals surface area contributed by atoms with E-state index in [0.717, 1.165) is 44.9 Å². The van der Waals surface area contributed by atoms with Crippen LogP contribution in [-0.2, 0) is 46.3 Å². The molecule has 0 amide bonds.